The Kier molecular flexibility index (Phi) is 2.46. The van der Waals surface area contributed by atoms with E-state index in [9.17, 15) is 8.42 Å². The van der Waals surface area contributed by atoms with Gasteiger partial charge in [0.25, 0.3) is 0 Å². The van der Waals surface area contributed by atoms with Crippen LogP contribution in [0, 0.1) is 6.92 Å². The van der Waals surface area contributed by atoms with Gasteiger partial charge in [-0.1, -0.05) is 17.7 Å². The van der Waals surface area contributed by atoms with Crippen LogP contribution in [0.3, 0.4) is 0 Å². The highest BCUT2D eigenvalue weighted by molar-refractivity contribution is 7.93. The van der Waals surface area contributed by atoms with Crippen LogP contribution in [-0.4, -0.2) is 20.7 Å². The van der Waals surface area contributed by atoms with Gasteiger partial charge in [0.2, 0.25) is 10.0 Å². The van der Waals surface area contributed by atoms with Gasteiger partial charge in [-0.05, 0) is 31.9 Å². The van der Waals surface area contributed by atoms with Gasteiger partial charge < -0.3 is 0 Å². The van der Waals surface area contributed by atoms with Crippen LogP contribution < -0.4 is 4.31 Å². The van der Waals surface area contributed by atoms with Gasteiger partial charge in [0.05, 0.1) is 10.9 Å². The van der Waals surface area contributed by atoms with E-state index in [1.165, 1.54) is 4.31 Å². The molecule has 1 aromatic carbocycles. The van der Waals surface area contributed by atoms with Crippen molar-refractivity contribution in [3.63, 3.8) is 0 Å². The Morgan fingerprint density at radius 1 is 1.20 bits per heavy atom. The Bertz CT molecular complexity index is 446. The zero-order chi connectivity index (χ0) is 11.1. The van der Waals surface area contributed by atoms with Gasteiger partial charge in [-0.15, -0.1) is 0 Å². The molecule has 0 heterocycles. The topological polar surface area (TPSA) is 37.4 Å². The van der Waals surface area contributed by atoms with E-state index in [2.05, 4.69) is 0 Å². The highest BCUT2D eigenvalue weighted by atomic mass is 32.2. The van der Waals surface area contributed by atoms with E-state index in [1.54, 1.807) is 7.05 Å². The summed E-state index contributed by atoms with van der Waals surface area (Å²) in [6.45, 7) is 1.99. The number of sulfonamides is 1. The van der Waals surface area contributed by atoms with Crippen LogP contribution in [0.5, 0.6) is 0 Å². The molecule has 0 bridgehead atoms. The molecule has 1 aliphatic carbocycles. The average molecular weight is 225 g/mol. The molecule has 0 amide bonds. The Labute approximate surface area is 90.8 Å². The average Bonchev–Trinajstić information content (AvgIpc) is 3.01. The molecule has 0 spiro atoms. The van der Waals surface area contributed by atoms with Crippen LogP contribution in [0.1, 0.15) is 18.4 Å². The summed E-state index contributed by atoms with van der Waals surface area (Å²) >= 11 is 0. The third-order valence-corrected chi connectivity index (χ3v) is 5.01. The number of benzene rings is 1. The predicted molar refractivity (Wildman–Crippen MR) is 61.5 cm³/mol. The molecule has 0 saturated heterocycles. The number of hydrogen-bond acceptors (Lipinski definition) is 2. The molecular weight excluding hydrogens is 210 g/mol. The normalized spacial score (nSPS) is 16.4. The molecule has 82 valence electrons. The molecule has 2 rings (SSSR count). The van der Waals surface area contributed by atoms with Crippen molar-refractivity contribution >= 4 is 15.7 Å². The summed E-state index contributed by atoms with van der Waals surface area (Å²) in [4.78, 5) is 0. The second-order valence-corrected chi connectivity index (χ2v) is 6.29. The van der Waals surface area contributed by atoms with Crippen molar-refractivity contribution in [1.29, 1.82) is 0 Å². The molecule has 0 unspecified atom stereocenters. The van der Waals surface area contributed by atoms with Crippen LogP contribution in [0.15, 0.2) is 24.3 Å². The van der Waals surface area contributed by atoms with Crippen molar-refractivity contribution < 1.29 is 8.42 Å². The van der Waals surface area contributed by atoms with Crippen molar-refractivity contribution in [2.75, 3.05) is 11.4 Å². The Hall–Kier alpha value is -1.03. The van der Waals surface area contributed by atoms with Crippen LogP contribution in [0.4, 0.5) is 5.69 Å². The molecule has 0 N–H and O–H groups in total. The second-order valence-electron chi connectivity index (χ2n) is 4.05. The number of anilines is 1. The lowest BCUT2D eigenvalue weighted by atomic mass is 10.2. The fourth-order valence-corrected chi connectivity index (χ4v) is 3.09. The van der Waals surface area contributed by atoms with Crippen molar-refractivity contribution in [2.24, 2.45) is 0 Å². The van der Waals surface area contributed by atoms with Gasteiger partial charge in [0.1, 0.15) is 0 Å². The van der Waals surface area contributed by atoms with Crippen LogP contribution in [-0.2, 0) is 10.0 Å². The number of rotatable bonds is 3. The summed E-state index contributed by atoms with van der Waals surface area (Å²) in [5, 5.41) is -0.149. The molecule has 0 radical (unpaired) electrons. The number of hydrogen-bond donors (Lipinski definition) is 0. The lowest BCUT2D eigenvalue weighted by Gasteiger charge is -2.19. The zero-order valence-electron chi connectivity index (χ0n) is 8.97. The minimum atomic E-state index is -3.10. The zero-order valence-corrected chi connectivity index (χ0v) is 9.79. The fourth-order valence-electron chi connectivity index (χ4n) is 1.49. The standard InChI is InChI=1S/C11H15NO2S/c1-9-3-5-10(6-4-9)12(2)15(13,14)11-7-8-11/h3-6,11H,7-8H2,1-2H3. The van der Waals surface area contributed by atoms with Crippen LogP contribution >= 0.6 is 0 Å². The third kappa shape index (κ3) is 2.00. The summed E-state index contributed by atoms with van der Waals surface area (Å²) in [6, 6.07) is 7.53. The summed E-state index contributed by atoms with van der Waals surface area (Å²) in [5.74, 6) is 0. The largest absolute Gasteiger partial charge is 0.273 e. The molecule has 4 heteroatoms. The molecule has 0 aliphatic heterocycles. The third-order valence-electron chi connectivity index (χ3n) is 2.72. The van der Waals surface area contributed by atoms with E-state index in [1.807, 2.05) is 31.2 Å². The molecule has 1 saturated carbocycles. The SMILES string of the molecule is Cc1ccc(N(C)S(=O)(=O)C2CC2)cc1. The van der Waals surface area contributed by atoms with Crippen LogP contribution in [0.2, 0.25) is 0 Å². The molecule has 0 atom stereocenters. The van der Waals surface area contributed by atoms with E-state index in [-0.39, 0.29) is 5.25 Å². The minimum absolute atomic E-state index is 0.149. The maximum absolute atomic E-state index is 11.9. The monoisotopic (exact) mass is 225 g/mol. The summed E-state index contributed by atoms with van der Waals surface area (Å²) < 4.78 is 25.2. The van der Waals surface area contributed by atoms with Crippen molar-refractivity contribution in [3.8, 4) is 0 Å². The molecule has 1 aliphatic rings. The van der Waals surface area contributed by atoms with E-state index in [0.717, 1.165) is 24.1 Å². The minimum Gasteiger partial charge on any atom is -0.273 e. The first-order chi connectivity index (χ1) is 7.01. The molecule has 3 nitrogen and oxygen atoms in total. The van der Waals surface area contributed by atoms with Gasteiger partial charge in [-0.2, -0.15) is 0 Å². The first kappa shape index (κ1) is 10.5. The van der Waals surface area contributed by atoms with Gasteiger partial charge in [-0.25, -0.2) is 8.42 Å². The molecular formula is C11H15NO2S. The predicted octanol–water partition coefficient (Wildman–Crippen LogP) is 1.92. The maximum Gasteiger partial charge on any atom is 0.237 e. The lowest BCUT2D eigenvalue weighted by molar-refractivity contribution is 0.593. The maximum atomic E-state index is 11.9. The second kappa shape index (κ2) is 3.52. The smallest absolute Gasteiger partial charge is 0.237 e. The highest BCUT2D eigenvalue weighted by Gasteiger charge is 2.38. The molecule has 0 aromatic heterocycles. The fraction of sp³-hybridized carbons (Fsp3) is 0.455. The number of aryl methyl sites for hydroxylation is 1. The lowest BCUT2D eigenvalue weighted by Crippen LogP contribution is -2.29. The van der Waals surface area contributed by atoms with Gasteiger partial charge >= 0.3 is 0 Å². The van der Waals surface area contributed by atoms with Crippen molar-refractivity contribution in [3.05, 3.63) is 29.8 Å². The highest BCUT2D eigenvalue weighted by Crippen LogP contribution is 2.32. The van der Waals surface area contributed by atoms with Gasteiger partial charge in [0.15, 0.2) is 0 Å². The van der Waals surface area contributed by atoms with E-state index in [0.29, 0.717) is 0 Å². The molecule has 1 aromatic rings. The quantitative estimate of drug-likeness (QED) is 0.788. The summed E-state index contributed by atoms with van der Waals surface area (Å²) in [7, 11) is -1.48. The van der Waals surface area contributed by atoms with Crippen molar-refractivity contribution in [2.45, 2.75) is 25.0 Å². The summed E-state index contributed by atoms with van der Waals surface area (Å²) in [6.07, 6.45) is 1.61. The Balaban J connectivity index is 2.27. The molecule has 15 heavy (non-hydrogen) atoms. The Morgan fingerprint density at radius 2 is 1.73 bits per heavy atom. The summed E-state index contributed by atoms with van der Waals surface area (Å²) in [5.41, 5.74) is 1.88. The van der Waals surface area contributed by atoms with E-state index < -0.39 is 10.0 Å². The van der Waals surface area contributed by atoms with Gasteiger partial charge in [-0.3, -0.25) is 4.31 Å². The van der Waals surface area contributed by atoms with Crippen LogP contribution in [0.25, 0.3) is 0 Å². The van der Waals surface area contributed by atoms with E-state index >= 15 is 0 Å². The number of nitrogens with zero attached hydrogens (tertiary/aromatic N) is 1. The first-order valence-corrected chi connectivity index (χ1v) is 6.56. The van der Waals surface area contributed by atoms with E-state index in [4.69, 9.17) is 0 Å². The molecule has 1 fully saturated rings. The first-order valence-electron chi connectivity index (χ1n) is 5.06. The van der Waals surface area contributed by atoms with Gasteiger partial charge in [0, 0.05) is 7.05 Å². The van der Waals surface area contributed by atoms with Crippen molar-refractivity contribution in [1.82, 2.24) is 0 Å². The Morgan fingerprint density at radius 3 is 2.20 bits per heavy atom.